The Kier molecular flexibility index (Phi) is 11.4. The Morgan fingerprint density at radius 2 is 1.54 bits per heavy atom. The van der Waals surface area contributed by atoms with E-state index < -0.39 is 6.04 Å². The zero-order chi connectivity index (χ0) is 25.8. The fraction of sp³-hybridized carbons (Fsp3) is 0.500. The molecular weight excluding hydrogens is 444 g/mol. The molecule has 2 amide bonds. The average molecular weight is 485 g/mol. The van der Waals surface area contributed by atoms with E-state index in [1.54, 1.807) is 18.9 Å². The van der Waals surface area contributed by atoms with Gasteiger partial charge in [-0.25, -0.2) is 0 Å². The summed E-state index contributed by atoms with van der Waals surface area (Å²) in [7, 11) is 1.62. The maximum Gasteiger partial charge on any atom is 0.242 e. The fourth-order valence-electron chi connectivity index (χ4n) is 3.62. The number of ether oxygens (including phenoxy) is 3. The second-order valence-electron chi connectivity index (χ2n) is 8.51. The van der Waals surface area contributed by atoms with Gasteiger partial charge in [-0.1, -0.05) is 25.1 Å². The number of carbonyl (C=O) groups is 2. The minimum atomic E-state index is -0.599. The van der Waals surface area contributed by atoms with Crippen LogP contribution in [0.4, 0.5) is 0 Å². The van der Waals surface area contributed by atoms with Gasteiger partial charge in [0, 0.05) is 19.0 Å². The van der Waals surface area contributed by atoms with Crippen LogP contribution >= 0.6 is 0 Å². The van der Waals surface area contributed by atoms with E-state index in [0.29, 0.717) is 37.7 Å². The van der Waals surface area contributed by atoms with Crippen LogP contribution in [0.25, 0.3) is 0 Å². The van der Waals surface area contributed by atoms with E-state index in [0.717, 1.165) is 23.3 Å². The van der Waals surface area contributed by atoms with Gasteiger partial charge in [-0.15, -0.1) is 0 Å². The number of nitrogens with zero attached hydrogens (tertiary/aromatic N) is 1. The highest BCUT2D eigenvalue weighted by Gasteiger charge is 2.26. The van der Waals surface area contributed by atoms with Crippen LogP contribution in [0.1, 0.15) is 58.6 Å². The summed E-state index contributed by atoms with van der Waals surface area (Å²) >= 11 is 0. The molecule has 0 unspecified atom stereocenters. The molecule has 0 aromatic heterocycles. The van der Waals surface area contributed by atoms with Crippen molar-refractivity contribution >= 4 is 11.8 Å². The molecule has 7 heteroatoms. The number of methoxy groups -OCH3 is 1. The van der Waals surface area contributed by atoms with E-state index in [9.17, 15) is 9.59 Å². The monoisotopic (exact) mass is 484 g/mol. The molecular formula is C28H40N2O5. The van der Waals surface area contributed by atoms with Crippen molar-refractivity contribution in [2.75, 3.05) is 20.3 Å². The van der Waals surface area contributed by atoms with Crippen LogP contribution in [0.5, 0.6) is 17.2 Å². The van der Waals surface area contributed by atoms with E-state index in [1.165, 1.54) is 0 Å². The number of rotatable bonds is 14. The van der Waals surface area contributed by atoms with Crippen LogP contribution in [0, 0.1) is 0 Å². The minimum Gasteiger partial charge on any atom is -0.497 e. The molecule has 192 valence electrons. The van der Waals surface area contributed by atoms with Crippen molar-refractivity contribution in [3.63, 3.8) is 0 Å². The third kappa shape index (κ3) is 8.50. The summed E-state index contributed by atoms with van der Waals surface area (Å²) in [5, 5.41) is 3.00. The summed E-state index contributed by atoms with van der Waals surface area (Å²) in [6.07, 6.45) is 1.63. The average Bonchev–Trinajstić information content (AvgIpc) is 2.87. The zero-order valence-electron chi connectivity index (χ0n) is 21.9. The second-order valence-corrected chi connectivity index (χ2v) is 8.51. The summed E-state index contributed by atoms with van der Waals surface area (Å²) in [5.74, 6) is 1.88. The summed E-state index contributed by atoms with van der Waals surface area (Å²) in [6, 6.07) is 12.8. The number of hydrogen-bond acceptors (Lipinski definition) is 5. The third-order valence-electron chi connectivity index (χ3n) is 5.92. The Morgan fingerprint density at radius 3 is 2.14 bits per heavy atom. The topological polar surface area (TPSA) is 77.1 Å². The van der Waals surface area contributed by atoms with Crippen LogP contribution in [0.3, 0.4) is 0 Å². The van der Waals surface area contributed by atoms with E-state index in [-0.39, 0.29) is 24.3 Å². The second kappa shape index (κ2) is 14.2. The van der Waals surface area contributed by atoms with Gasteiger partial charge in [0.25, 0.3) is 0 Å². The number of amides is 2. The molecule has 0 fully saturated rings. The van der Waals surface area contributed by atoms with Crippen LogP contribution in [-0.2, 0) is 22.6 Å². The predicted octanol–water partition coefficient (Wildman–Crippen LogP) is 4.76. The smallest absolute Gasteiger partial charge is 0.242 e. The standard InChI is InChI=1S/C28H40N2O5/c1-7-20(4)29-28(32)21(5)30(19-23-10-14-24(33-6)15-11-23)27(31)17-13-22-12-16-25(34-8-2)26(18-22)35-9-3/h10-12,14-16,18,20-21H,7-9,13,17,19H2,1-6H3,(H,29,32)/t20-,21-/m1/s1. The maximum absolute atomic E-state index is 13.4. The largest absolute Gasteiger partial charge is 0.497 e. The molecule has 0 saturated heterocycles. The van der Waals surface area contributed by atoms with Gasteiger partial charge in [0.15, 0.2) is 11.5 Å². The number of aryl methyl sites for hydroxylation is 1. The minimum absolute atomic E-state index is 0.0451. The Labute approximate surface area is 209 Å². The summed E-state index contributed by atoms with van der Waals surface area (Å²) in [5.41, 5.74) is 1.91. The van der Waals surface area contributed by atoms with Gasteiger partial charge in [0.05, 0.1) is 20.3 Å². The quantitative estimate of drug-likeness (QED) is 0.418. The van der Waals surface area contributed by atoms with Crippen LogP contribution in [-0.4, -0.2) is 49.1 Å². The van der Waals surface area contributed by atoms with Crippen molar-refractivity contribution in [3.8, 4) is 17.2 Å². The lowest BCUT2D eigenvalue weighted by Crippen LogP contribution is -2.49. The molecule has 0 spiro atoms. The van der Waals surface area contributed by atoms with Crippen LogP contribution < -0.4 is 19.5 Å². The number of benzene rings is 2. The normalized spacial score (nSPS) is 12.4. The molecule has 0 aliphatic heterocycles. The molecule has 0 saturated carbocycles. The molecule has 0 bridgehead atoms. The molecule has 2 atom stereocenters. The first-order valence-corrected chi connectivity index (χ1v) is 12.4. The molecule has 0 heterocycles. The molecule has 0 aliphatic carbocycles. The Hall–Kier alpha value is -3.22. The zero-order valence-corrected chi connectivity index (χ0v) is 21.9. The van der Waals surface area contributed by atoms with Crippen molar-refractivity contribution in [3.05, 3.63) is 53.6 Å². The van der Waals surface area contributed by atoms with E-state index in [1.807, 2.05) is 70.2 Å². The molecule has 2 rings (SSSR count). The molecule has 2 aromatic carbocycles. The maximum atomic E-state index is 13.4. The van der Waals surface area contributed by atoms with E-state index in [2.05, 4.69) is 5.32 Å². The van der Waals surface area contributed by atoms with Gasteiger partial charge in [0.1, 0.15) is 11.8 Å². The predicted molar refractivity (Wildman–Crippen MR) is 138 cm³/mol. The summed E-state index contributed by atoms with van der Waals surface area (Å²) < 4.78 is 16.6. The molecule has 1 N–H and O–H groups in total. The van der Waals surface area contributed by atoms with Gasteiger partial charge >= 0.3 is 0 Å². The van der Waals surface area contributed by atoms with Gasteiger partial charge in [-0.2, -0.15) is 0 Å². The Bertz CT molecular complexity index is 945. The van der Waals surface area contributed by atoms with Crippen molar-refractivity contribution in [1.29, 1.82) is 0 Å². The number of hydrogen-bond donors (Lipinski definition) is 1. The van der Waals surface area contributed by atoms with E-state index in [4.69, 9.17) is 14.2 Å². The highest BCUT2D eigenvalue weighted by molar-refractivity contribution is 5.87. The highest BCUT2D eigenvalue weighted by atomic mass is 16.5. The van der Waals surface area contributed by atoms with Crippen LogP contribution in [0.15, 0.2) is 42.5 Å². The molecule has 0 radical (unpaired) electrons. The number of nitrogens with one attached hydrogen (secondary N) is 1. The molecule has 0 aliphatic rings. The van der Waals surface area contributed by atoms with Gasteiger partial charge in [-0.3, -0.25) is 9.59 Å². The molecule has 7 nitrogen and oxygen atoms in total. The van der Waals surface area contributed by atoms with Crippen molar-refractivity contribution < 1.29 is 23.8 Å². The van der Waals surface area contributed by atoms with Gasteiger partial charge < -0.3 is 24.4 Å². The van der Waals surface area contributed by atoms with Crippen LogP contribution in [0.2, 0.25) is 0 Å². The first-order valence-electron chi connectivity index (χ1n) is 12.4. The van der Waals surface area contributed by atoms with E-state index >= 15 is 0 Å². The first kappa shape index (κ1) is 28.0. The third-order valence-corrected chi connectivity index (χ3v) is 5.92. The van der Waals surface area contributed by atoms with Crippen molar-refractivity contribution in [1.82, 2.24) is 10.2 Å². The Morgan fingerprint density at radius 1 is 0.914 bits per heavy atom. The van der Waals surface area contributed by atoms with Gasteiger partial charge in [-0.05, 0) is 75.9 Å². The lowest BCUT2D eigenvalue weighted by Gasteiger charge is -2.30. The number of carbonyl (C=O) groups excluding carboxylic acids is 2. The SMILES string of the molecule is CCOc1ccc(CCC(=O)N(Cc2ccc(OC)cc2)[C@H](C)C(=O)N[C@H](C)CC)cc1OCC. The first-order chi connectivity index (χ1) is 16.8. The highest BCUT2D eigenvalue weighted by Crippen LogP contribution is 2.29. The van der Waals surface area contributed by atoms with Gasteiger partial charge in [0.2, 0.25) is 11.8 Å². The molecule has 35 heavy (non-hydrogen) atoms. The lowest BCUT2D eigenvalue weighted by molar-refractivity contribution is -0.140. The van der Waals surface area contributed by atoms with Crippen molar-refractivity contribution in [2.24, 2.45) is 0 Å². The lowest BCUT2D eigenvalue weighted by atomic mass is 10.1. The summed E-state index contributed by atoms with van der Waals surface area (Å²) in [6.45, 7) is 11.0. The van der Waals surface area contributed by atoms with Crippen molar-refractivity contribution in [2.45, 2.75) is 72.5 Å². The molecule has 2 aromatic rings. The Balaban J connectivity index is 2.18. The fourth-order valence-corrected chi connectivity index (χ4v) is 3.62. The summed E-state index contributed by atoms with van der Waals surface area (Å²) in [4.78, 5) is 27.9.